The van der Waals surface area contributed by atoms with E-state index in [0.717, 1.165) is 0 Å². The zero-order valence-corrected chi connectivity index (χ0v) is 6.48. The standard InChI is InChI=1S/C4H10O.ClH.Ni/c1-4(2,3)5;;/h5H,1-3H3;1H;. The Hall–Kier alpha value is 0.744. The fourth-order valence-corrected chi connectivity index (χ4v) is 0. The number of rotatable bonds is 0. The molecule has 0 aromatic heterocycles. The van der Waals surface area contributed by atoms with Crippen LogP contribution in [0.3, 0.4) is 0 Å². The zero-order valence-electron chi connectivity index (χ0n) is 4.67. The quantitative estimate of drug-likeness (QED) is 0.540. The molecule has 0 aromatic rings. The minimum absolute atomic E-state index is 0. The van der Waals surface area contributed by atoms with E-state index < -0.39 is 5.60 Å². The summed E-state index contributed by atoms with van der Waals surface area (Å²) in [4.78, 5) is 0. The first-order chi connectivity index (χ1) is 2.00. The molecule has 0 saturated carbocycles. The third-order valence-electron chi connectivity index (χ3n) is 0. The maximum Gasteiger partial charge on any atom is 0.0563 e. The van der Waals surface area contributed by atoms with Crippen molar-refractivity contribution in [3.05, 3.63) is 0 Å². The van der Waals surface area contributed by atoms with Crippen LogP contribution in [0.5, 0.6) is 0 Å². The Morgan fingerprint density at radius 2 is 1.14 bits per heavy atom. The first kappa shape index (κ1) is 15.6. The molecule has 0 fully saturated rings. The van der Waals surface area contributed by atoms with Gasteiger partial charge in [0.1, 0.15) is 0 Å². The van der Waals surface area contributed by atoms with E-state index in [1.165, 1.54) is 0 Å². The first-order valence-corrected chi connectivity index (χ1v) is 1.72. The van der Waals surface area contributed by atoms with Gasteiger partial charge in [-0.2, -0.15) is 0 Å². The average molecular weight is 169 g/mol. The molecule has 3 heteroatoms. The van der Waals surface area contributed by atoms with Crippen molar-refractivity contribution in [2.45, 2.75) is 26.4 Å². The average Bonchev–Trinajstić information content (AvgIpc) is 0.722. The summed E-state index contributed by atoms with van der Waals surface area (Å²) in [5.74, 6) is 0. The van der Waals surface area contributed by atoms with Crippen LogP contribution >= 0.6 is 12.4 Å². The number of hydrogen-bond acceptors (Lipinski definition) is 1. The monoisotopic (exact) mass is 168 g/mol. The Kier molecular flexibility index (Phi) is 10.9. The molecule has 50 valence electrons. The molecule has 0 aliphatic heterocycles. The SMILES string of the molecule is CC(C)(C)O.Cl.[Ni]. The zero-order chi connectivity index (χ0) is 4.50. The Labute approximate surface area is 60.8 Å². The van der Waals surface area contributed by atoms with Crippen LogP contribution in [0.4, 0.5) is 0 Å². The van der Waals surface area contributed by atoms with E-state index in [4.69, 9.17) is 5.11 Å². The Bertz CT molecular complexity index is 27.2. The van der Waals surface area contributed by atoms with Crippen LogP contribution in [-0.2, 0) is 16.5 Å². The van der Waals surface area contributed by atoms with E-state index in [2.05, 4.69) is 0 Å². The van der Waals surface area contributed by atoms with Gasteiger partial charge in [0.15, 0.2) is 0 Å². The van der Waals surface area contributed by atoms with Crippen molar-refractivity contribution < 1.29 is 21.6 Å². The first-order valence-electron chi connectivity index (χ1n) is 1.72. The van der Waals surface area contributed by atoms with Crippen molar-refractivity contribution in [1.82, 2.24) is 0 Å². The van der Waals surface area contributed by atoms with Crippen LogP contribution in [0, 0.1) is 0 Å². The van der Waals surface area contributed by atoms with Crippen LogP contribution in [0.25, 0.3) is 0 Å². The van der Waals surface area contributed by atoms with Gasteiger partial charge in [0.25, 0.3) is 0 Å². The van der Waals surface area contributed by atoms with Gasteiger partial charge < -0.3 is 5.11 Å². The van der Waals surface area contributed by atoms with Crippen LogP contribution in [0.2, 0.25) is 0 Å². The number of aliphatic hydroxyl groups is 1. The van der Waals surface area contributed by atoms with Crippen molar-refractivity contribution in [3.63, 3.8) is 0 Å². The maximum atomic E-state index is 8.52. The van der Waals surface area contributed by atoms with E-state index >= 15 is 0 Å². The van der Waals surface area contributed by atoms with Crippen molar-refractivity contribution in [2.24, 2.45) is 0 Å². The van der Waals surface area contributed by atoms with Crippen LogP contribution in [-0.4, -0.2) is 10.7 Å². The van der Waals surface area contributed by atoms with Crippen molar-refractivity contribution in [1.29, 1.82) is 0 Å². The Balaban J connectivity index is -0.0000000800. The maximum absolute atomic E-state index is 8.52. The molecule has 0 aromatic carbocycles. The van der Waals surface area contributed by atoms with E-state index in [9.17, 15) is 0 Å². The third kappa shape index (κ3) is 274. The van der Waals surface area contributed by atoms with E-state index in [1.807, 2.05) is 0 Å². The van der Waals surface area contributed by atoms with Gasteiger partial charge in [-0.25, -0.2) is 0 Å². The second-order valence-electron chi connectivity index (χ2n) is 2.17. The summed E-state index contributed by atoms with van der Waals surface area (Å²) in [6.07, 6.45) is 0. The minimum Gasteiger partial charge on any atom is -0.391 e. The molecule has 0 spiro atoms. The second-order valence-corrected chi connectivity index (χ2v) is 2.17. The van der Waals surface area contributed by atoms with Gasteiger partial charge in [0.2, 0.25) is 0 Å². The topological polar surface area (TPSA) is 20.2 Å². The van der Waals surface area contributed by atoms with Crippen molar-refractivity contribution >= 4 is 12.4 Å². The molecule has 0 heterocycles. The molecule has 0 aliphatic rings. The minimum atomic E-state index is -0.500. The molecule has 0 bridgehead atoms. The van der Waals surface area contributed by atoms with Gasteiger partial charge in [-0.3, -0.25) is 0 Å². The largest absolute Gasteiger partial charge is 0.391 e. The van der Waals surface area contributed by atoms with Crippen molar-refractivity contribution in [2.75, 3.05) is 0 Å². The predicted molar refractivity (Wildman–Crippen MR) is 29.2 cm³/mol. The van der Waals surface area contributed by atoms with Gasteiger partial charge in [-0.1, -0.05) is 0 Å². The molecule has 1 nitrogen and oxygen atoms in total. The molecule has 0 unspecified atom stereocenters. The summed E-state index contributed by atoms with van der Waals surface area (Å²) >= 11 is 0. The van der Waals surface area contributed by atoms with E-state index in [1.54, 1.807) is 20.8 Å². The Morgan fingerprint density at radius 1 is 1.14 bits per heavy atom. The summed E-state index contributed by atoms with van der Waals surface area (Å²) in [7, 11) is 0. The summed E-state index contributed by atoms with van der Waals surface area (Å²) in [5.41, 5.74) is -0.500. The molecular formula is C4H11ClNiO. The second kappa shape index (κ2) is 4.89. The fraction of sp³-hybridized carbons (Fsp3) is 1.00. The molecule has 7 heavy (non-hydrogen) atoms. The molecule has 0 aliphatic carbocycles. The van der Waals surface area contributed by atoms with Crippen LogP contribution in [0.1, 0.15) is 20.8 Å². The van der Waals surface area contributed by atoms with Crippen LogP contribution < -0.4 is 0 Å². The van der Waals surface area contributed by atoms with Gasteiger partial charge in [0, 0.05) is 16.5 Å². The molecule has 1 N–H and O–H groups in total. The van der Waals surface area contributed by atoms with E-state index in [-0.39, 0.29) is 28.9 Å². The summed E-state index contributed by atoms with van der Waals surface area (Å²) in [6.45, 7) is 5.23. The smallest absolute Gasteiger partial charge is 0.0563 e. The van der Waals surface area contributed by atoms with Gasteiger partial charge in [-0.15, -0.1) is 12.4 Å². The number of hydrogen-bond donors (Lipinski definition) is 1. The predicted octanol–water partition coefficient (Wildman–Crippen LogP) is 1.20. The molecule has 0 saturated heterocycles. The third-order valence-corrected chi connectivity index (χ3v) is 0. The molecule has 0 amide bonds. The van der Waals surface area contributed by atoms with Crippen LogP contribution in [0.15, 0.2) is 0 Å². The Morgan fingerprint density at radius 3 is 1.14 bits per heavy atom. The molecule has 0 atom stereocenters. The fourth-order valence-electron chi connectivity index (χ4n) is 0. The van der Waals surface area contributed by atoms with E-state index in [0.29, 0.717) is 0 Å². The van der Waals surface area contributed by atoms with Gasteiger partial charge >= 0.3 is 0 Å². The molecular weight excluding hydrogens is 158 g/mol. The normalized spacial score (nSPS) is 8.57. The summed E-state index contributed by atoms with van der Waals surface area (Å²) in [6, 6.07) is 0. The van der Waals surface area contributed by atoms with Crippen molar-refractivity contribution in [3.8, 4) is 0 Å². The summed E-state index contributed by atoms with van der Waals surface area (Å²) in [5, 5.41) is 8.52. The molecule has 0 rings (SSSR count). The summed E-state index contributed by atoms with van der Waals surface area (Å²) < 4.78 is 0. The van der Waals surface area contributed by atoms with Gasteiger partial charge in [0.05, 0.1) is 5.60 Å². The van der Waals surface area contributed by atoms with Gasteiger partial charge in [-0.05, 0) is 20.8 Å². The molecule has 0 radical (unpaired) electrons. The number of halogens is 1.